The molecule has 2 rings (SSSR count). The maximum Gasteiger partial charge on any atom is 0.264 e. The Hall–Kier alpha value is -1.47. The summed E-state index contributed by atoms with van der Waals surface area (Å²) < 4.78 is 33.8. The molecule has 2 aromatic carbocycles. The number of benzene rings is 2. The maximum absolute atomic E-state index is 11.2. The van der Waals surface area contributed by atoms with Crippen molar-refractivity contribution in [2.75, 3.05) is 19.5 Å². The first kappa shape index (κ1) is 19.8. The molecule has 136 valence electrons. The van der Waals surface area contributed by atoms with Gasteiger partial charge in [-0.25, -0.2) is 0 Å². The van der Waals surface area contributed by atoms with Gasteiger partial charge in [-0.15, -0.1) is 0 Å². The second-order valence-electron chi connectivity index (χ2n) is 7.04. The lowest BCUT2D eigenvalue weighted by Crippen LogP contribution is -2.66. The lowest BCUT2D eigenvalue weighted by atomic mass is 10.2. The van der Waals surface area contributed by atoms with Gasteiger partial charge in [-0.3, -0.25) is 4.18 Å². The van der Waals surface area contributed by atoms with Gasteiger partial charge < -0.3 is 4.43 Å². The minimum absolute atomic E-state index is 0.0172. The van der Waals surface area contributed by atoms with Gasteiger partial charge in [0, 0.05) is 0 Å². The third kappa shape index (κ3) is 4.79. The van der Waals surface area contributed by atoms with E-state index in [1.165, 1.54) is 0 Å². The molecule has 25 heavy (non-hydrogen) atoms. The molecule has 0 aliphatic heterocycles. The zero-order chi connectivity index (χ0) is 18.6. The van der Waals surface area contributed by atoms with E-state index in [1.54, 1.807) is 0 Å². The van der Waals surface area contributed by atoms with Gasteiger partial charge in [0.25, 0.3) is 18.4 Å². The Morgan fingerprint density at radius 2 is 1.28 bits per heavy atom. The van der Waals surface area contributed by atoms with Gasteiger partial charge in [-0.05, 0) is 15.4 Å². The summed E-state index contributed by atoms with van der Waals surface area (Å²) >= 11 is 0. The topological polar surface area (TPSA) is 52.6 Å². The van der Waals surface area contributed by atoms with Crippen LogP contribution in [0.25, 0.3) is 0 Å². The first-order valence-electron chi connectivity index (χ1n) is 8.26. The molecule has 0 atom stereocenters. The van der Waals surface area contributed by atoms with Crippen LogP contribution in [0.1, 0.15) is 20.8 Å². The number of hydrogen-bond donors (Lipinski definition) is 0. The largest absolute Gasteiger partial charge is 0.405 e. The molecular weight excluding hydrogens is 352 g/mol. The standard InChI is InChI=1S/C19H26O4SSi/c1-19(2,3)25(17-11-7-5-8-12-17,18-13-9-6-10-14-18)23-16-15-22-24(4,20)21/h5-14H,15-16H2,1-4H3. The highest BCUT2D eigenvalue weighted by molar-refractivity contribution is 7.85. The summed E-state index contributed by atoms with van der Waals surface area (Å²) in [6.45, 7) is 6.77. The fourth-order valence-corrected chi connectivity index (χ4v) is 8.06. The zero-order valence-corrected chi connectivity index (χ0v) is 17.0. The lowest BCUT2D eigenvalue weighted by Gasteiger charge is -2.43. The van der Waals surface area contributed by atoms with E-state index in [4.69, 9.17) is 8.61 Å². The smallest absolute Gasteiger partial charge is 0.264 e. The third-order valence-electron chi connectivity index (χ3n) is 4.12. The van der Waals surface area contributed by atoms with E-state index >= 15 is 0 Å². The van der Waals surface area contributed by atoms with Crippen LogP contribution in [0.15, 0.2) is 60.7 Å². The molecule has 0 bridgehead atoms. The average molecular weight is 379 g/mol. The van der Waals surface area contributed by atoms with Gasteiger partial charge in [0.2, 0.25) is 0 Å². The maximum atomic E-state index is 11.2. The molecule has 2 aromatic rings. The molecule has 4 nitrogen and oxygen atoms in total. The van der Waals surface area contributed by atoms with Crippen molar-refractivity contribution in [2.24, 2.45) is 0 Å². The molecule has 0 radical (unpaired) electrons. The monoisotopic (exact) mass is 378 g/mol. The first-order valence-corrected chi connectivity index (χ1v) is 12.0. The Morgan fingerprint density at radius 1 is 0.840 bits per heavy atom. The summed E-state index contributed by atoms with van der Waals surface area (Å²) in [5.41, 5.74) is 0. The minimum Gasteiger partial charge on any atom is -0.405 e. The van der Waals surface area contributed by atoms with Gasteiger partial charge in [0.1, 0.15) is 0 Å². The average Bonchev–Trinajstić information content (AvgIpc) is 2.54. The van der Waals surface area contributed by atoms with Gasteiger partial charge in [-0.1, -0.05) is 81.4 Å². The summed E-state index contributed by atoms with van der Waals surface area (Å²) in [6.07, 6.45) is 1.05. The first-order chi connectivity index (χ1) is 11.7. The van der Waals surface area contributed by atoms with Crippen LogP contribution in [0.4, 0.5) is 0 Å². The quantitative estimate of drug-likeness (QED) is 0.422. The van der Waals surface area contributed by atoms with Gasteiger partial charge in [0.15, 0.2) is 0 Å². The van der Waals surface area contributed by atoms with Crippen LogP contribution in [-0.4, -0.2) is 36.2 Å². The van der Waals surface area contributed by atoms with Gasteiger partial charge >= 0.3 is 0 Å². The molecule has 0 aliphatic rings. The molecule has 0 unspecified atom stereocenters. The SMILES string of the molecule is CC(C)(C)[Si](OCCOS(C)(=O)=O)(c1ccccc1)c1ccccc1. The molecule has 0 spiro atoms. The highest BCUT2D eigenvalue weighted by Crippen LogP contribution is 2.36. The Balaban J connectivity index is 2.46. The highest BCUT2D eigenvalue weighted by Gasteiger charge is 2.50. The van der Waals surface area contributed by atoms with E-state index < -0.39 is 18.4 Å². The van der Waals surface area contributed by atoms with E-state index in [2.05, 4.69) is 45.0 Å². The molecule has 0 amide bonds. The van der Waals surface area contributed by atoms with Crippen molar-refractivity contribution in [1.82, 2.24) is 0 Å². The fourth-order valence-electron chi connectivity index (χ4n) is 3.14. The van der Waals surface area contributed by atoms with Crippen molar-refractivity contribution in [3.05, 3.63) is 60.7 Å². The van der Waals surface area contributed by atoms with E-state index in [1.807, 2.05) is 36.4 Å². The molecule has 6 heteroatoms. The molecular formula is C19H26O4SSi. The van der Waals surface area contributed by atoms with Crippen LogP contribution in [0.2, 0.25) is 5.04 Å². The van der Waals surface area contributed by atoms with Crippen LogP contribution in [-0.2, 0) is 18.7 Å². The van der Waals surface area contributed by atoms with Gasteiger partial charge in [-0.2, -0.15) is 8.42 Å². The van der Waals surface area contributed by atoms with Crippen molar-refractivity contribution in [1.29, 1.82) is 0 Å². The summed E-state index contributed by atoms with van der Waals surface area (Å²) in [4.78, 5) is 0. The Bertz CT molecular complexity index is 729. The van der Waals surface area contributed by atoms with Crippen LogP contribution in [0.3, 0.4) is 0 Å². The third-order valence-corrected chi connectivity index (χ3v) is 9.75. The van der Waals surface area contributed by atoms with Crippen LogP contribution in [0.5, 0.6) is 0 Å². The minimum atomic E-state index is -3.47. The summed E-state index contributed by atoms with van der Waals surface area (Å²) in [7, 11) is -6.09. The van der Waals surface area contributed by atoms with Crippen molar-refractivity contribution < 1.29 is 17.0 Å². The van der Waals surface area contributed by atoms with Crippen molar-refractivity contribution in [3.8, 4) is 0 Å². The lowest BCUT2D eigenvalue weighted by molar-refractivity contribution is 0.213. The Morgan fingerprint density at radius 3 is 1.64 bits per heavy atom. The van der Waals surface area contributed by atoms with Gasteiger partial charge in [0.05, 0.1) is 19.5 Å². The van der Waals surface area contributed by atoms with Crippen LogP contribution in [0, 0.1) is 0 Å². The molecule has 0 heterocycles. The highest BCUT2D eigenvalue weighted by atomic mass is 32.2. The van der Waals surface area contributed by atoms with Crippen molar-refractivity contribution in [3.63, 3.8) is 0 Å². The second-order valence-corrected chi connectivity index (χ2v) is 13.0. The summed E-state index contributed by atoms with van der Waals surface area (Å²) in [5.74, 6) is 0. The van der Waals surface area contributed by atoms with E-state index in [9.17, 15) is 8.42 Å². The summed E-state index contributed by atoms with van der Waals surface area (Å²) in [5, 5.41) is 2.18. The predicted molar refractivity (Wildman–Crippen MR) is 104 cm³/mol. The van der Waals surface area contributed by atoms with Crippen LogP contribution >= 0.6 is 0 Å². The molecule has 0 saturated carbocycles. The summed E-state index contributed by atoms with van der Waals surface area (Å²) in [6, 6.07) is 20.4. The number of rotatable bonds is 7. The molecule has 0 N–H and O–H groups in total. The van der Waals surface area contributed by atoms with E-state index in [-0.39, 0.29) is 18.3 Å². The second kappa shape index (κ2) is 7.82. The Kier molecular flexibility index (Phi) is 6.21. The fraction of sp³-hybridized carbons (Fsp3) is 0.368. The molecule has 0 fully saturated rings. The molecule has 0 aliphatic carbocycles. The Labute approximate surface area is 152 Å². The van der Waals surface area contributed by atoms with E-state index in [0.29, 0.717) is 0 Å². The molecule has 0 saturated heterocycles. The normalized spacial score (nSPS) is 13.0. The van der Waals surface area contributed by atoms with E-state index in [0.717, 1.165) is 16.6 Å². The molecule has 0 aromatic heterocycles. The predicted octanol–water partition coefficient (Wildman–Crippen LogP) is 2.54. The number of hydrogen-bond acceptors (Lipinski definition) is 4. The zero-order valence-electron chi connectivity index (χ0n) is 15.2. The van der Waals surface area contributed by atoms with Crippen molar-refractivity contribution in [2.45, 2.75) is 25.8 Å². The van der Waals surface area contributed by atoms with Crippen molar-refractivity contribution >= 4 is 28.8 Å². The van der Waals surface area contributed by atoms with Crippen LogP contribution < -0.4 is 10.4 Å².